The molecular formula is C17H27N4O4+. The van der Waals surface area contributed by atoms with Crippen molar-refractivity contribution in [2.75, 3.05) is 40.9 Å². The van der Waals surface area contributed by atoms with E-state index in [-0.39, 0.29) is 17.8 Å². The summed E-state index contributed by atoms with van der Waals surface area (Å²) < 4.78 is 6.79. The number of methoxy groups -OCH3 is 1. The van der Waals surface area contributed by atoms with Crippen LogP contribution in [0.2, 0.25) is 0 Å². The van der Waals surface area contributed by atoms with Crippen LogP contribution in [0, 0.1) is 5.92 Å². The number of nitrogens with zero attached hydrogens (tertiary/aromatic N) is 3. The average molecular weight is 351 g/mol. The van der Waals surface area contributed by atoms with E-state index in [0.717, 1.165) is 17.7 Å². The first-order valence-corrected chi connectivity index (χ1v) is 8.62. The summed E-state index contributed by atoms with van der Waals surface area (Å²) in [6.07, 6.45) is 4.18. The fourth-order valence-electron chi connectivity index (χ4n) is 3.07. The topological polar surface area (TPSA) is 82.0 Å². The maximum atomic E-state index is 12.6. The molecule has 1 N–H and O–H groups in total. The van der Waals surface area contributed by atoms with E-state index in [4.69, 9.17) is 4.74 Å². The van der Waals surface area contributed by atoms with Gasteiger partial charge in [0.25, 0.3) is 17.6 Å². The van der Waals surface area contributed by atoms with Crippen molar-refractivity contribution in [3.63, 3.8) is 0 Å². The summed E-state index contributed by atoms with van der Waals surface area (Å²) >= 11 is 0. The number of ether oxygens (including phenoxy) is 1. The zero-order valence-electron chi connectivity index (χ0n) is 15.4. The maximum Gasteiger partial charge on any atom is 0.417 e. The largest absolute Gasteiger partial charge is 0.417 e. The Balaban J connectivity index is 2.29. The van der Waals surface area contributed by atoms with Crippen LogP contribution in [-0.2, 0) is 14.3 Å². The van der Waals surface area contributed by atoms with E-state index in [1.54, 1.807) is 20.2 Å². The predicted octanol–water partition coefficient (Wildman–Crippen LogP) is 0.388. The number of carbonyl (C=O) groups excluding carboxylic acids is 3. The first kappa shape index (κ1) is 19.1. The summed E-state index contributed by atoms with van der Waals surface area (Å²) in [6.45, 7) is 3.71. The minimum atomic E-state index is -0.593. The third-order valence-corrected chi connectivity index (χ3v) is 4.46. The zero-order chi connectivity index (χ0) is 18.6. The molecule has 0 bridgehead atoms. The van der Waals surface area contributed by atoms with Crippen molar-refractivity contribution in [1.82, 2.24) is 15.1 Å². The SMILES string of the molecule is CCCC[N+]1=C2C(C=C1C(=O)NCCCOC)C(=O)N(C)C(=O)N2C. The maximum absolute atomic E-state index is 12.6. The molecule has 1 fully saturated rings. The normalized spacial score (nSPS) is 20.2. The summed E-state index contributed by atoms with van der Waals surface area (Å²) in [5.41, 5.74) is 0.439. The molecule has 2 aliphatic rings. The summed E-state index contributed by atoms with van der Waals surface area (Å²) in [5.74, 6) is -0.555. The van der Waals surface area contributed by atoms with Gasteiger partial charge in [-0.25, -0.2) is 14.3 Å². The van der Waals surface area contributed by atoms with Gasteiger partial charge in [0, 0.05) is 27.3 Å². The Bertz CT molecular complexity index is 626. The first-order valence-electron chi connectivity index (χ1n) is 8.62. The number of rotatable bonds is 8. The second kappa shape index (κ2) is 8.24. The van der Waals surface area contributed by atoms with E-state index in [9.17, 15) is 14.4 Å². The van der Waals surface area contributed by atoms with Gasteiger partial charge in [0.15, 0.2) is 11.6 Å². The van der Waals surface area contributed by atoms with Crippen LogP contribution in [0.15, 0.2) is 11.8 Å². The van der Waals surface area contributed by atoms with Crippen molar-refractivity contribution in [2.45, 2.75) is 26.2 Å². The molecule has 0 aromatic carbocycles. The Kier molecular flexibility index (Phi) is 6.30. The monoisotopic (exact) mass is 351 g/mol. The molecule has 8 heteroatoms. The number of fused-ring (bicyclic) bond motifs is 1. The molecule has 2 rings (SSSR count). The van der Waals surface area contributed by atoms with E-state index in [0.29, 0.717) is 37.6 Å². The van der Waals surface area contributed by atoms with Crippen molar-refractivity contribution >= 4 is 23.7 Å². The minimum absolute atomic E-state index is 0.231. The molecule has 2 heterocycles. The average Bonchev–Trinajstić information content (AvgIpc) is 2.99. The van der Waals surface area contributed by atoms with Crippen LogP contribution in [0.25, 0.3) is 0 Å². The molecule has 2 aliphatic heterocycles. The van der Waals surface area contributed by atoms with Gasteiger partial charge in [0.05, 0.1) is 13.6 Å². The van der Waals surface area contributed by atoms with Crippen molar-refractivity contribution in [3.05, 3.63) is 11.8 Å². The predicted molar refractivity (Wildman–Crippen MR) is 92.0 cm³/mol. The van der Waals surface area contributed by atoms with E-state index in [2.05, 4.69) is 12.2 Å². The van der Waals surface area contributed by atoms with Crippen LogP contribution in [0.3, 0.4) is 0 Å². The number of urea groups is 1. The van der Waals surface area contributed by atoms with E-state index in [1.807, 2.05) is 4.58 Å². The van der Waals surface area contributed by atoms with Crippen LogP contribution in [0.4, 0.5) is 4.79 Å². The van der Waals surface area contributed by atoms with Crippen LogP contribution in [-0.4, -0.2) is 79.0 Å². The molecule has 1 unspecified atom stereocenters. The van der Waals surface area contributed by atoms with Gasteiger partial charge < -0.3 is 10.1 Å². The van der Waals surface area contributed by atoms with E-state index in [1.165, 1.54) is 11.9 Å². The molecular weight excluding hydrogens is 324 g/mol. The molecule has 1 saturated heterocycles. The third-order valence-electron chi connectivity index (χ3n) is 4.46. The van der Waals surface area contributed by atoms with Crippen LogP contribution in [0.1, 0.15) is 26.2 Å². The highest BCUT2D eigenvalue weighted by atomic mass is 16.5. The zero-order valence-corrected chi connectivity index (χ0v) is 15.4. The highest BCUT2D eigenvalue weighted by Gasteiger charge is 2.51. The standard InChI is InChI=1S/C17H26N4O4/c1-5-6-9-21-13(14(22)18-8-7-10-25-4)11-12-15(21)19(2)17(24)20(3)16(12)23/h11-12H,5-10H2,1-4H3/p+1. The minimum Gasteiger partial charge on any atom is -0.385 e. The van der Waals surface area contributed by atoms with Crippen molar-refractivity contribution in [2.24, 2.45) is 5.92 Å². The van der Waals surface area contributed by atoms with Gasteiger partial charge in [-0.15, -0.1) is 0 Å². The Morgan fingerprint density at radius 1 is 1.28 bits per heavy atom. The quantitative estimate of drug-likeness (QED) is 0.507. The summed E-state index contributed by atoms with van der Waals surface area (Å²) in [5, 5.41) is 2.86. The molecule has 1 atom stereocenters. The molecule has 0 saturated carbocycles. The molecule has 4 amide bonds. The lowest BCUT2D eigenvalue weighted by molar-refractivity contribution is -0.474. The number of amides is 4. The second-order valence-corrected chi connectivity index (χ2v) is 6.23. The molecule has 0 aromatic rings. The number of hydrogen-bond acceptors (Lipinski definition) is 4. The highest BCUT2D eigenvalue weighted by Crippen LogP contribution is 2.26. The fourth-order valence-corrected chi connectivity index (χ4v) is 3.07. The van der Waals surface area contributed by atoms with Gasteiger partial charge in [-0.05, 0) is 18.9 Å². The number of unbranched alkanes of at least 4 members (excludes halogenated alkanes) is 1. The molecule has 0 spiro atoms. The number of amidine groups is 1. The van der Waals surface area contributed by atoms with Gasteiger partial charge in [0.1, 0.15) is 0 Å². The smallest absolute Gasteiger partial charge is 0.385 e. The van der Waals surface area contributed by atoms with Gasteiger partial charge in [-0.2, -0.15) is 4.90 Å². The third kappa shape index (κ3) is 3.73. The Morgan fingerprint density at radius 2 is 2.00 bits per heavy atom. The number of imide groups is 1. The summed E-state index contributed by atoms with van der Waals surface area (Å²) in [6, 6.07) is -0.382. The highest BCUT2D eigenvalue weighted by molar-refractivity contribution is 6.19. The first-order chi connectivity index (χ1) is 11.9. The Hall–Kier alpha value is -2.22. The lowest BCUT2D eigenvalue weighted by atomic mass is 10.0. The number of nitrogens with one attached hydrogen (secondary N) is 1. The van der Waals surface area contributed by atoms with E-state index >= 15 is 0 Å². The van der Waals surface area contributed by atoms with Gasteiger partial charge >= 0.3 is 6.03 Å². The van der Waals surface area contributed by atoms with Crippen molar-refractivity contribution in [1.29, 1.82) is 0 Å². The molecule has 8 nitrogen and oxygen atoms in total. The van der Waals surface area contributed by atoms with Crippen LogP contribution >= 0.6 is 0 Å². The van der Waals surface area contributed by atoms with Crippen LogP contribution in [0.5, 0.6) is 0 Å². The number of carbonyl (C=O) groups is 3. The fraction of sp³-hybridized carbons (Fsp3) is 0.647. The van der Waals surface area contributed by atoms with E-state index < -0.39 is 5.92 Å². The molecule has 0 radical (unpaired) electrons. The van der Waals surface area contributed by atoms with Gasteiger partial charge in [0.2, 0.25) is 0 Å². The lowest BCUT2D eigenvalue weighted by Gasteiger charge is -2.27. The number of hydrogen-bond donors (Lipinski definition) is 1. The molecule has 0 aromatic heterocycles. The Morgan fingerprint density at radius 3 is 2.64 bits per heavy atom. The molecule has 25 heavy (non-hydrogen) atoms. The Labute approximate surface area is 148 Å². The molecule has 0 aliphatic carbocycles. The second-order valence-electron chi connectivity index (χ2n) is 6.23. The van der Waals surface area contributed by atoms with Crippen molar-refractivity contribution in [3.8, 4) is 0 Å². The van der Waals surface area contributed by atoms with Gasteiger partial charge in [-0.3, -0.25) is 9.59 Å². The van der Waals surface area contributed by atoms with Crippen LogP contribution < -0.4 is 5.32 Å². The lowest BCUT2D eigenvalue weighted by Crippen LogP contribution is -2.57. The summed E-state index contributed by atoms with van der Waals surface area (Å²) in [4.78, 5) is 39.9. The van der Waals surface area contributed by atoms with Crippen molar-refractivity contribution < 1.29 is 23.7 Å². The summed E-state index contributed by atoms with van der Waals surface area (Å²) in [7, 11) is 4.72. The molecule has 138 valence electrons. The van der Waals surface area contributed by atoms with Gasteiger partial charge in [-0.1, -0.05) is 13.3 Å².